The van der Waals surface area contributed by atoms with Crippen LogP contribution in [0.2, 0.25) is 0 Å². The van der Waals surface area contributed by atoms with E-state index in [4.69, 9.17) is 0 Å². The van der Waals surface area contributed by atoms with Crippen LogP contribution < -0.4 is 5.32 Å². The standard InChI is InChI=1S/C17H23N3O3/c1-11-7-12(2)10-19(9-11)17(21)13-3-6-15(18-14-4-5-14)16(8-13)20(22)23/h3,6,8,11-12,14,18H,4-5,7,9-10H2,1-2H3/t11-,12+. The van der Waals surface area contributed by atoms with Crippen LogP contribution in [0, 0.1) is 22.0 Å². The Balaban J connectivity index is 1.82. The summed E-state index contributed by atoms with van der Waals surface area (Å²) in [7, 11) is 0. The summed E-state index contributed by atoms with van der Waals surface area (Å²) in [5.41, 5.74) is 0.898. The van der Waals surface area contributed by atoms with Gasteiger partial charge in [-0.25, -0.2) is 0 Å². The Kier molecular flexibility index (Phi) is 4.24. The third kappa shape index (κ3) is 3.63. The predicted octanol–water partition coefficient (Wildman–Crippen LogP) is 3.29. The lowest BCUT2D eigenvalue weighted by Gasteiger charge is -2.35. The van der Waals surface area contributed by atoms with Crippen molar-refractivity contribution in [2.75, 3.05) is 18.4 Å². The van der Waals surface area contributed by atoms with E-state index in [1.54, 1.807) is 12.1 Å². The van der Waals surface area contributed by atoms with E-state index in [0.29, 0.717) is 29.1 Å². The zero-order valence-electron chi connectivity index (χ0n) is 13.6. The molecule has 1 amide bonds. The molecule has 1 saturated heterocycles. The third-order valence-corrected chi connectivity index (χ3v) is 4.53. The second-order valence-electron chi connectivity index (χ2n) is 7.06. The monoisotopic (exact) mass is 317 g/mol. The van der Waals surface area contributed by atoms with Crippen LogP contribution in [0.1, 0.15) is 43.5 Å². The lowest BCUT2D eigenvalue weighted by Crippen LogP contribution is -2.42. The Bertz CT molecular complexity index is 618. The van der Waals surface area contributed by atoms with Crippen LogP contribution in [-0.4, -0.2) is 34.9 Å². The molecule has 124 valence electrons. The van der Waals surface area contributed by atoms with Crippen molar-refractivity contribution in [1.29, 1.82) is 0 Å². The molecule has 6 heteroatoms. The van der Waals surface area contributed by atoms with E-state index in [1.165, 1.54) is 6.07 Å². The molecule has 1 saturated carbocycles. The van der Waals surface area contributed by atoms with Crippen molar-refractivity contribution < 1.29 is 9.72 Å². The summed E-state index contributed by atoms with van der Waals surface area (Å²) in [6, 6.07) is 5.11. The van der Waals surface area contributed by atoms with Gasteiger partial charge in [0.25, 0.3) is 11.6 Å². The summed E-state index contributed by atoms with van der Waals surface area (Å²) in [6.45, 7) is 5.72. The van der Waals surface area contributed by atoms with E-state index in [9.17, 15) is 14.9 Å². The van der Waals surface area contributed by atoms with Crippen LogP contribution in [0.4, 0.5) is 11.4 Å². The molecule has 2 fully saturated rings. The summed E-state index contributed by atoms with van der Waals surface area (Å²) in [6.07, 6.45) is 3.21. The number of anilines is 1. The average molecular weight is 317 g/mol. The highest BCUT2D eigenvalue weighted by Gasteiger charge is 2.29. The molecule has 1 aliphatic carbocycles. The number of nitro benzene ring substituents is 1. The Morgan fingerprint density at radius 2 is 1.91 bits per heavy atom. The fraction of sp³-hybridized carbons (Fsp3) is 0.588. The second kappa shape index (κ2) is 6.18. The van der Waals surface area contributed by atoms with Crippen LogP contribution in [0.25, 0.3) is 0 Å². The molecule has 0 aromatic heterocycles. The van der Waals surface area contributed by atoms with E-state index < -0.39 is 4.92 Å². The van der Waals surface area contributed by atoms with Gasteiger partial charge in [0, 0.05) is 30.8 Å². The number of benzene rings is 1. The molecule has 1 heterocycles. The van der Waals surface area contributed by atoms with E-state index >= 15 is 0 Å². The third-order valence-electron chi connectivity index (χ3n) is 4.53. The molecular formula is C17H23N3O3. The minimum Gasteiger partial charge on any atom is -0.377 e. The van der Waals surface area contributed by atoms with E-state index in [1.807, 2.05) is 4.90 Å². The molecule has 0 spiro atoms. The zero-order chi connectivity index (χ0) is 16.6. The molecule has 23 heavy (non-hydrogen) atoms. The SMILES string of the molecule is C[C@@H]1C[C@H](C)CN(C(=O)c2ccc(NC3CC3)c([N+](=O)[O-])c2)C1. The van der Waals surface area contributed by atoms with E-state index in [2.05, 4.69) is 19.2 Å². The zero-order valence-corrected chi connectivity index (χ0v) is 13.6. The summed E-state index contributed by atoms with van der Waals surface area (Å²) in [5.74, 6) is 0.825. The smallest absolute Gasteiger partial charge is 0.293 e. The average Bonchev–Trinajstić information content (AvgIpc) is 3.29. The Labute approximate surface area is 136 Å². The first-order valence-electron chi connectivity index (χ1n) is 8.28. The normalized spacial score (nSPS) is 24.3. The Morgan fingerprint density at radius 1 is 1.26 bits per heavy atom. The maximum Gasteiger partial charge on any atom is 0.293 e. The topological polar surface area (TPSA) is 75.5 Å². The highest BCUT2D eigenvalue weighted by atomic mass is 16.6. The van der Waals surface area contributed by atoms with Crippen molar-refractivity contribution in [3.63, 3.8) is 0 Å². The maximum atomic E-state index is 12.7. The van der Waals surface area contributed by atoms with Gasteiger partial charge in [0.1, 0.15) is 5.69 Å². The number of hydrogen-bond acceptors (Lipinski definition) is 4. The number of likely N-dealkylation sites (tertiary alicyclic amines) is 1. The summed E-state index contributed by atoms with van der Waals surface area (Å²) in [4.78, 5) is 25.4. The van der Waals surface area contributed by atoms with Gasteiger partial charge in [0.2, 0.25) is 0 Å². The molecule has 1 aliphatic heterocycles. The number of carbonyl (C=O) groups excluding carboxylic acids is 1. The van der Waals surface area contributed by atoms with Gasteiger partial charge in [-0.15, -0.1) is 0 Å². The summed E-state index contributed by atoms with van der Waals surface area (Å²) < 4.78 is 0. The van der Waals surface area contributed by atoms with Gasteiger partial charge < -0.3 is 10.2 Å². The Morgan fingerprint density at radius 3 is 2.48 bits per heavy atom. The largest absolute Gasteiger partial charge is 0.377 e. The van der Waals surface area contributed by atoms with Crippen molar-refractivity contribution in [3.8, 4) is 0 Å². The molecule has 1 aromatic carbocycles. The van der Waals surface area contributed by atoms with Crippen molar-refractivity contribution >= 4 is 17.3 Å². The molecule has 6 nitrogen and oxygen atoms in total. The number of nitrogens with one attached hydrogen (secondary N) is 1. The molecule has 1 N–H and O–H groups in total. The number of hydrogen-bond donors (Lipinski definition) is 1. The predicted molar refractivity (Wildman–Crippen MR) is 88.6 cm³/mol. The first-order valence-corrected chi connectivity index (χ1v) is 8.28. The molecule has 0 radical (unpaired) electrons. The lowest BCUT2D eigenvalue weighted by molar-refractivity contribution is -0.384. The van der Waals surface area contributed by atoms with Gasteiger partial charge in [0.15, 0.2) is 0 Å². The number of nitrogens with zero attached hydrogens (tertiary/aromatic N) is 2. The maximum absolute atomic E-state index is 12.7. The van der Waals surface area contributed by atoms with Crippen LogP contribution in [-0.2, 0) is 0 Å². The van der Waals surface area contributed by atoms with E-state index in [-0.39, 0.29) is 11.6 Å². The number of nitro groups is 1. The van der Waals surface area contributed by atoms with Crippen LogP contribution in [0.15, 0.2) is 18.2 Å². The van der Waals surface area contributed by atoms with Crippen LogP contribution in [0.3, 0.4) is 0 Å². The van der Waals surface area contributed by atoms with Gasteiger partial charge in [-0.3, -0.25) is 14.9 Å². The quantitative estimate of drug-likeness (QED) is 0.683. The van der Waals surface area contributed by atoms with Crippen LogP contribution in [0.5, 0.6) is 0 Å². The fourth-order valence-electron chi connectivity index (χ4n) is 3.40. The van der Waals surface area contributed by atoms with Gasteiger partial charge in [0.05, 0.1) is 4.92 Å². The minimum absolute atomic E-state index is 0.0131. The van der Waals surface area contributed by atoms with Crippen molar-refractivity contribution in [3.05, 3.63) is 33.9 Å². The fourth-order valence-corrected chi connectivity index (χ4v) is 3.40. The highest BCUT2D eigenvalue weighted by Crippen LogP contribution is 2.32. The number of carbonyl (C=O) groups is 1. The van der Waals surface area contributed by atoms with Gasteiger partial charge in [-0.2, -0.15) is 0 Å². The number of amides is 1. The molecule has 1 aromatic rings. The Hall–Kier alpha value is -2.11. The van der Waals surface area contributed by atoms with Gasteiger partial charge >= 0.3 is 0 Å². The lowest BCUT2D eigenvalue weighted by atomic mass is 9.91. The van der Waals surface area contributed by atoms with Crippen molar-refractivity contribution in [1.82, 2.24) is 4.90 Å². The van der Waals surface area contributed by atoms with E-state index in [0.717, 1.165) is 32.4 Å². The number of rotatable bonds is 4. The first-order chi connectivity index (χ1) is 10.9. The summed E-state index contributed by atoms with van der Waals surface area (Å²) in [5, 5.41) is 14.5. The molecule has 0 bridgehead atoms. The molecule has 0 unspecified atom stereocenters. The molecule has 2 atom stereocenters. The highest BCUT2D eigenvalue weighted by molar-refractivity contribution is 5.95. The summed E-state index contributed by atoms with van der Waals surface area (Å²) >= 11 is 0. The van der Waals surface area contributed by atoms with Crippen LogP contribution >= 0.6 is 0 Å². The van der Waals surface area contributed by atoms with Gasteiger partial charge in [-0.05, 0) is 43.2 Å². The molecule has 3 rings (SSSR count). The first kappa shape index (κ1) is 15.8. The molecule has 2 aliphatic rings. The second-order valence-corrected chi connectivity index (χ2v) is 7.06. The molecular weight excluding hydrogens is 294 g/mol. The minimum atomic E-state index is -0.414. The number of piperidine rings is 1. The van der Waals surface area contributed by atoms with Crippen molar-refractivity contribution in [2.45, 2.75) is 39.2 Å². The van der Waals surface area contributed by atoms with Crippen molar-refractivity contribution in [2.24, 2.45) is 11.8 Å². The van der Waals surface area contributed by atoms with Gasteiger partial charge in [-0.1, -0.05) is 13.8 Å².